The van der Waals surface area contributed by atoms with Gasteiger partial charge in [-0.25, -0.2) is 0 Å². The molecule has 1 aromatic rings. The van der Waals surface area contributed by atoms with Crippen LogP contribution in [0.3, 0.4) is 0 Å². The topological polar surface area (TPSA) is 91.0 Å². The third-order valence-corrected chi connectivity index (χ3v) is 1.32. The lowest BCUT2D eigenvalue weighted by atomic mass is 10.4. The minimum absolute atomic E-state index is 0.183. The molecule has 0 fully saturated rings. The fourth-order valence-electron chi connectivity index (χ4n) is 0.751. The molecule has 1 rings (SSSR count). The van der Waals surface area contributed by atoms with E-state index in [0.717, 1.165) is 0 Å². The lowest BCUT2D eigenvalue weighted by Gasteiger charge is -1.98. The van der Waals surface area contributed by atoms with E-state index in [4.69, 9.17) is 9.95 Å². The maximum absolute atomic E-state index is 10.9. The Balaban J connectivity index is 2.26. The van der Waals surface area contributed by atoms with E-state index in [9.17, 15) is 4.79 Å². The molecule has 1 heterocycles. The number of hydrogen-bond donors (Lipinski definition) is 1. The molecule has 1 amide bonds. The highest BCUT2D eigenvalue weighted by atomic mass is 16.3. The smallest absolute Gasteiger partial charge is 0.226 e. The zero-order valence-corrected chi connectivity index (χ0v) is 6.80. The summed E-state index contributed by atoms with van der Waals surface area (Å²) in [5, 5.41) is 5.63. The van der Waals surface area contributed by atoms with Gasteiger partial charge in [-0.3, -0.25) is 4.79 Å². The van der Waals surface area contributed by atoms with Crippen molar-refractivity contribution in [2.75, 3.05) is 6.54 Å². The highest BCUT2D eigenvalue weighted by Gasteiger charge is 1.99. The van der Waals surface area contributed by atoms with Crippen LogP contribution in [0.15, 0.2) is 27.9 Å². The summed E-state index contributed by atoms with van der Waals surface area (Å²) in [5.41, 5.74) is 7.93. The van der Waals surface area contributed by atoms with Crippen LogP contribution < -0.4 is 5.32 Å². The number of azide groups is 1. The van der Waals surface area contributed by atoms with Crippen LogP contribution in [0.1, 0.15) is 5.76 Å². The molecule has 6 heteroatoms. The Morgan fingerprint density at radius 3 is 3.23 bits per heavy atom. The maximum atomic E-state index is 10.9. The summed E-state index contributed by atoms with van der Waals surface area (Å²) in [5.74, 6) is 0.337. The van der Waals surface area contributed by atoms with Crippen LogP contribution >= 0.6 is 0 Å². The van der Waals surface area contributed by atoms with Gasteiger partial charge in [0.05, 0.1) is 12.8 Å². The van der Waals surface area contributed by atoms with E-state index in [1.807, 2.05) is 0 Å². The van der Waals surface area contributed by atoms with Gasteiger partial charge in [-0.2, -0.15) is 0 Å². The Hall–Kier alpha value is -1.94. The van der Waals surface area contributed by atoms with E-state index in [-0.39, 0.29) is 12.5 Å². The average molecular weight is 180 g/mol. The minimum Gasteiger partial charge on any atom is -0.467 e. The first-order chi connectivity index (χ1) is 6.33. The summed E-state index contributed by atoms with van der Waals surface area (Å²) in [7, 11) is 0. The monoisotopic (exact) mass is 180 g/mol. The van der Waals surface area contributed by atoms with Gasteiger partial charge in [-0.05, 0) is 17.7 Å². The van der Waals surface area contributed by atoms with Crippen molar-refractivity contribution in [1.82, 2.24) is 5.32 Å². The van der Waals surface area contributed by atoms with Gasteiger partial charge in [-0.1, -0.05) is 5.11 Å². The standard InChI is InChI=1S/C7H8N4O2/c8-11-10-5-7(12)9-4-6-2-1-3-13-6/h1-3H,4-5H2,(H,9,12). The van der Waals surface area contributed by atoms with Crippen LogP contribution in [0.4, 0.5) is 0 Å². The van der Waals surface area contributed by atoms with E-state index in [1.54, 1.807) is 12.1 Å². The molecule has 0 aliphatic carbocycles. The molecule has 0 bridgehead atoms. The van der Waals surface area contributed by atoms with Crippen LogP contribution in [0.25, 0.3) is 10.4 Å². The summed E-state index contributed by atoms with van der Waals surface area (Å²) in [4.78, 5) is 13.3. The van der Waals surface area contributed by atoms with Gasteiger partial charge in [0, 0.05) is 4.91 Å². The van der Waals surface area contributed by atoms with E-state index >= 15 is 0 Å². The molecule has 0 saturated heterocycles. The molecule has 0 spiro atoms. The van der Waals surface area contributed by atoms with Crippen molar-refractivity contribution in [3.63, 3.8) is 0 Å². The predicted molar refractivity (Wildman–Crippen MR) is 44.6 cm³/mol. The first-order valence-corrected chi connectivity index (χ1v) is 3.63. The number of carbonyl (C=O) groups excluding carboxylic acids is 1. The SMILES string of the molecule is [N-]=[N+]=NCC(=O)NCc1ccco1. The molecule has 1 N–H and O–H groups in total. The van der Waals surface area contributed by atoms with Gasteiger partial charge in [0.25, 0.3) is 0 Å². The summed E-state index contributed by atoms with van der Waals surface area (Å²) in [6.45, 7) is 0.129. The van der Waals surface area contributed by atoms with Crippen molar-refractivity contribution in [2.24, 2.45) is 5.11 Å². The number of carbonyl (C=O) groups is 1. The Labute approximate surface area is 74.2 Å². The van der Waals surface area contributed by atoms with Crippen LogP contribution in [0, 0.1) is 0 Å². The van der Waals surface area contributed by atoms with E-state index in [1.165, 1.54) is 6.26 Å². The van der Waals surface area contributed by atoms with Gasteiger partial charge in [0.1, 0.15) is 12.3 Å². The third-order valence-electron chi connectivity index (χ3n) is 1.32. The second kappa shape index (κ2) is 4.84. The normalized spacial score (nSPS) is 8.92. The van der Waals surface area contributed by atoms with Gasteiger partial charge < -0.3 is 9.73 Å². The third kappa shape index (κ3) is 3.31. The van der Waals surface area contributed by atoms with E-state index in [2.05, 4.69) is 15.3 Å². The van der Waals surface area contributed by atoms with Gasteiger partial charge in [0.2, 0.25) is 5.91 Å². The first kappa shape index (κ1) is 9.15. The molecular weight excluding hydrogens is 172 g/mol. The number of rotatable bonds is 4. The number of amides is 1. The number of nitrogens with one attached hydrogen (secondary N) is 1. The zero-order valence-electron chi connectivity index (χ0n) is 6.80. The van der Waals surface area contributed by atoms with Gasteiger partial charge in [0.15, 0.2) is 0 Å². The van der Waals surface area contributed by atoms with Crippen molar-refractivity contribution >= 4 is 5.91 Å². The van der Waals surface area contributed by atoms with Gasteiger partial charge >= 0.3 is 0 Å². The number of furan rings is 1. The molecule has 0 atom stereocenters. The summed E-state index contributed by atoms with van der Waals surface area (Å²) in [6, 6.07) is 3.47. The average Bonchev–Trinajstić information content (AvgIpc) is 2.64. The summed E-state index contributed by atoms with van der Waals surface area (Å²) < 4.78 is 4.97. The molecule has 6 nitrogen and oxygen atoms in total. The summed E-state index contributed by atoms with van der Waals surface area (Å²) in [6.07, 6.45) is 1.52. The highest BCUT2D eigenvalue weighted by molar-refractivity contribution is 5.77. The Bertz CT molecular complexity index is 313. The van der Waals surface area contributed by atoms with Crippen LogP contribution in [0.2, 0.25) is 0 Å². The largest absolute Gasteiger partial charge is 0.467 e. The predicted octanol–water partition coefficient (Wildman–Crippen LogP) is 1.21. The molecule has 68 valence electrons. The lowest BCUT2D eigenvalue weighted by Crippen LogP contribution is -2.24. The van der Waals surface area contributed by atoms with Crippen molar-refractivity contribution in [2.45, 2.75) is 6.54 Å². The van der Waals surface area contributed by atoms with Crippen molar-refractivity contribution < 1.29 is 9.21 Å². The maximum Gasteiger partial charge on any atom is 0.226 e. The van der Waals surface area contributed by atoms with Crippen molar-refractivity contribution in [1.29, 1.82) is 0 Å². The number of hydrogen-bond acceptors (Lipinski definition) is 3. The Morgan fingerprint density at radius 1 is 1.77 bits per heavy atom. The Kier molecular flexibility index (Phi) is 3.41. The van der Waals surface area contributed by atoms with Gasteiger partial charge in [-0.15, -0.1) is 0 Å². The second-order valence-electron chi connectivity index (χ2n) is 2.25. The van der Waals surface area contributed by atoms with Crippen molar-refractivity contribution in [3.05, 3.63) is 34.6 Å². The van der Waals surface area contributed by atoms with E-state index < -0.39 is 0 Å². The molecule has 0 radical (unpaired) electrons. The Morgan fingerprint density at radius 2 is 2.62 bits per heavy atom. The molecule has 13 heavy (non-hydrogen) atoms. The number of nitrogens with zero attached hydrogens (tertiary/aromatic N) is 3. The van der Waals surface area contributed by atoms with Crippen LogP contribution in [-0.2, 0) is 11.3 Å². The first-order valence-electron chi connectivity index (χ1n) is 3.63. The minimum atomic E-state index is -0.325. The van der Waals surface area contributed by atoms with E-state index in [0.29, 0.717) is 12.3 Å². The zero-order chi connectivity index (χ0) is 9.52. The van der Waals surface area contributed by atoms with Crippen LogP contribution in [0.5, 0.6) is 0 Å². The summed E-state index contributed by atoms with van der Waals surface area (Å²) >= 11 is 0. The molecule has 0 aliphatic rings. The molecule has 0 aliphatic heterocycles. The second-order valence-corrected chi connectivity index (χ2v) is 2.25. The molecule has 1 aromatic heterocycles. The fraction of sp³-hybridized carbons (Fsp3) is 0.286. The molecule has 0 aromatic carbocycles. The highest BCUT2D eigenvalue weighted by Crippen LogP contribution is 1.97. The molecular formula is C7H8N4O2. The molecule has 0 unspecified atom stereocenters. The fourth-order valence-corrected chi connectivity index (χ4v) is 0.751. The van der Waals surface area contributed by atoms with Crippen LogP contribution in [-0.4, -0.2) is 12.5 Å². The molecule has 0 saturated carbocycles. The quantitative estimate of drug-likeness (QED) is 0.428. The van der Waals surface area contributed by atoms with Crippen molar-refractivity contribution in [3.8, 4) is 0 Å². The lowest BCUT2D eigenvalue weighted by molar-refractivity contribution is -0.119.